The molecule has 2 aromatic rings. The molecule has 0 bridgehead atoms. The molecule has 0 saturated carbocycles. The maximum atomic E-state index is 12.7. The number of nitro groups is 1. The molecule has 1 heterocycles. The Bertz CT molecular complexity index is 985. The largest absolute Gasteiger partial charge is 0.454 e. The van der Waals surface area contributed by atoms with Gasteiger partial charge in [0.15, 0.2) is 0 Å². The first-order valence-corrected chi connectivity index (χ1v) is 9.10. The third-order valence-corrected chi connectivity index (χ3v) is 4.26. The van der Waals surface area contributed by atoms with Crippen molar-refractivity contribution in [2.24, 2.45) is 0 Å². The number of nitrogens with zero attached hydrogens (tertiary/aromatic N) is 1. The lowest BCUT2D eigenvalue weighted by atomic mass is 9.97. The Morgan fingerprint density at radius 2 is 1.96 bits per heavy atom. The number of esters is 1. The molecule has 1 aromatic heterocycles. The van der Waals surface area contributed by atoms with Gasteiger partial charge in [-0.2, -0.15) is 0 Å². The first kappa shape index (κ1) is 20.8. The van der Waals surface area contributed by atoms with Crippen molar-refractivity contribution in [3.63, 3.8) is 0 Å². The van der Waals surface area contributed by atoms with E-state index >= 15 is 0 Å². The Kier molecular flexibility index (Phi) is 6.19. The lowest BCUT2D eigenvalue weighted by Gasteiger charge is -2.20. The van der Waals surface area contributed by atoms with Crippen LogP contribution in [0.5, 0.6) is 0 Å². The molecule has 0 aliphatic rings. The molecular formula is C19H18INO6. The highest BCUT2D eigenvalue weighted by Gasteiger charge is 2.30. The number of carbonyl (C=O) groups excluding carboxylic acids is 1. The minimum Gasteiger partial charge on any atom is -0.454 e. The van der Waals surface area contributed by atoms with Crippen LogP contribution in [0, 0.1) is 13.7 Å². The van der Waals surface area contributed by atoms with E-state index in [0.29, 0.717) is 9.13 Å². The van der Waals surface area contributed by atoms with Crippen LogP contribution in [0.3, 0.4) is 0 Å². The van der Waals surface area contributed by atoms with E-state index in [-0.39, 0.29) is 22.6 Å². The van der Waals surface area contributed by atoms with Gasteiger partial charge < -0.3 is 9.15 Å². The van der Waals surface area contributed by atoms with Gasteiger partial charge in [0, 0.05) is 21.3 Å². The van der Waals surface area contributed by atoms with Crippen LogP contribution in [-0.4, -0.2) is 16.5 Å². The minimum absolute atomic E-state index is 0.152. The fourth-order valence-electron chi connectivity index (χ4n) is 2.46. The molecule has 0 atom stereocenters. The molecule has 0 amide bonds. The minimum atomic E-state index is -0.866. The van der Waals surface area contributed by atoms with E-state index in [9.17, 15) is 19.7 Å². The summed E-state index contributed by atoms with van der Waals surface area (Å²) in [6, 6.07) is 5.74. The van der Waals surface area contributed by atoms with E-state index in [1.54, 1.807) is 52.0 Å². The summed E-state index contributed by atoms with van der Waals surface area (Å²) in [6.07, 6.45) is 3.26. The number of halogens is 1. The fourth-order valence-corrected chi connectivity index (χ4v) is 3.21. The summed E-state index contributed by atoms with van der Waals surface area (Å²) in [5, 5.41) is 11.6. The van der Waals surface area contributed by atoms with E-state index in [2.05, 4.69) is 0 Å². The van der Waals surface area contributed by atoms with Gasteiger partial charge in [0.1, 0.15) is 5.60 Å². The summed E-state index contributed by atoms with van der Waals surface area (Å²) in [4.78, 5) is 35.7. The van der Waals surface area contributed by atoms with Gasteiger partial charge in [0.05, 0.1) is 10.5 Å². The first-order valence-electron chi connectivity index (χ1n) is 8.02. The average molecular weight is 483 g/mol. The molecule has 0 radical (unpaired) electrons. The summed E-state index contributed by atoms with van der Waals surface area (Å²) in [6.45, 7) is 6.75. The van der Waals surface area contributed by atoms with Gasteiger partial charge in [-0.3, -0.25) is 10.1 Å². The van der Waals surface area contributed by atoms with Gasteiger partial charge in [-0.1, -0.05) is 18.2 Å². The second-order valence-corrected chi connectivity index (χ2v) is 7.78. The molecule has 1 aromatic carbocycles. The van der Waals surface area contributed by atoms with Crippen molar-refractivity contribution in [1.29, 1.82) is 0 Å². The molecule has 0 saturated heterocycles. The SMILES string of the molecule is CC=Cc1cc(=O)oc(C(=O)OC(C)(C)C)c1-c1c(I)cccc1[N+](=O)[O-]. The molecule has 0 aliphatic carbocycles. The third-order valence-electron chi connectivity index (χ3n) is 3.36. The molecule has 8 heteroatoms. The van der Waals surface area contributed by atoms with Crippen LogP contribution in [0.15, 0.2) is 39.6 Å². The van der Waals surface area contributed by atoms with Crippen LogP contribution in [0.4, 0.5) is 5.69 Å². The monoisotopic (exact) mass is 483 g/mol. The molecule has 2 rings (SSSR count). The Morgan fingerprint density at radius 3 is 2.52 bits per heavy atom. The fraction of sp³-hybridized carbons (Fsp3) is 0.263. The quantitative estimate of drug-likeness (QED) is 0.268. The number of ether oxygens (including phenoxy) is 1. The van der Waals surface area contributed by atoms with Gasteiger partial charge in [-0.25, -0.2) is 9.59 Å². The number of hydrogen-bond acceptors (Lipinski definition) is 6. The predicted molar refractivity (Wildman–Crippen MR) is 110 cm³/mol. The molecule has 0 unspecified atom stereocenters. The Labute approximate surface area is 169 Å². The average Bonchev–Trinajstić information content (AvgIpc) is 2.53. The third kappa shape index (κ3) is 4.82. The van der Waals surface area contributed by atoms with Crippen LogP contribution in [-0.2, 0) is 4.74 Å². The van der Waals surface area contributed by atoms with Gasteiger partial charge in [-0.05, 0) is 61.9 Å². The number of carbonyl (C=O) groups is 1. The standard InChI is InChI=1S/C19H18INO6/c1-5-7-11-10-14(22)26-17(18(23)27-19(2,3)4)15(11)16-12(20)8-6-9-13(16)21(24)25/h5-10H,1-4H3. The normalized spacial score (nSPS) is 11.6. The molecule has 142 valence electrons. The molecular weight excluding hydrogens is 465 g/mol. The van der Waals surface area contributed by atoms with Crippen LogP contribution in [0.2, 0.25) is 0 Å². The zero-order valence-electron chi connectivity index (χ0n) is 15.2. The van der Waals surface area contributed by atoms with Crippen molar-refractivity contribution in [2.45, 2.75) is 33.3 Å². The highest BCUT2D eigenvalue weighted by atomic mass is 127. The number of allylic oxidation sites excluding steroid dienone is 1. The summed E-state index contributed by atoms with van der Waals surface area (Å²) in [7, 11) is 0. The molecule has 27 heavy (non-hydrogen) atoms. The maximum Gasteiger partial charge on any atom is 0.375 e. The summed E-state index contributed by atoms with van der Waals surface area (Å²) in [5.74, 6) is -1.23. The Hall–Kier alpha value is -2.49. The molecule has 0 fully saturated rings. The molecule has 0 aliphatic heterocycles. The van der Waals surface area contributed by atoms with Crippen molar-refractivity contribution in [2.75, 3.05) is 0 Å². The molecule has 0 spiro atoms. The Morgan fingerprint density at radius 1 is 1.30 bits per heavy atom. The topological polar surface area (TPSA) is 99.7 Å². The van der Waals surface area contributed by atoms with Gasteiger partial charge >= 0.3 is 11.6 Å². The van der Waals surface area contributed by atoms with Crippen molar-refractivity contribution in [3.8, 4) is 11.1 Å². The van der Waals surface area contributed by atoms with Gasteiger partial charge in [0.25, 0.3) is 5.69 Å². The number of rotatable bonds is 4. The van der Waals surface area contributed by atoms with E-state index in [1.165, 1.54) is 12.1 Å². The molecule has 0 N–H and O–H groups in total. The highest BCUT2D eigenvalue weighted by molar-refractivity contribution is 14.1. The van der Waals surface area contributed by atoms with E-state index in [0.717, 1.165) is 0 Å². The summed E-state index contributed by atoms with van der Waals surface area (Å²) in [5.41, 5.74) is -1.10. The number of nitro benzene ring substituents is 1. The second-order valence-electron chi connectivity index (χ2n) is 6.62. The van der Waals surface area contributed by atoms with Crippen molar-refractivity contribution >= 4 is 40.3 Å². The van der Waals surface area contributed by atoms with Gasteiger partial charge in [-0.15, -0.1) is 0 Å². The highest BCUT2D eigenvalue weighted by Crippen LogP contribution is 2.38. The predicted octanol–water partition coefficient (Wildman–Crippen LogP) is 4.81. The Balaban J connectivity index is 2.93. The number of benzene rings is 1. The smallest absolute Gasteiger partial charge is 0.375 e. The zero-order chi connectivity index (χ0) is 20.4. The van der Waals surface area contributed by atoms with Crippen molar-refractivity contribution < 1.29 is 18.9 Å². The zero-order valence-corrected chi connectivity index (χ0v) is 17.4. The van der Waals surface area contributed by atoms with E-state index in [1.807, 2.05) is 22.6 Å². The maximum absolute atomic E-state index is 12.7. The first-order chi connectivity index (χ1) is 12.5. The van der Waals surface area contributed by atoms with Crippen LogP contribution < -0.4 is 5.63 Å². The van der Waals surface area contributed by atoms with Crippen LogP contribution in [0.25, 0.3) is 17.2 Å². The summed E-state index contributed by atoms with van der Waals surface area (Å²) < 4.78 is 11.0. The second kappa shape index (κ2) is 8.03. The molecule has 7 nitrogen and oxygen atoms in total. The van der Waals surface area contributed by atoms with Crippen molar-refractivity contribution in [3.05, 3.63) is 65.8 Å². The lowest BCUT2D eigenvalue weighted by Crippen LogP contribution is -2.25. The van der Waals surface area contributed by atoms with E-state index in [4.69, 9.17) is 9.15 Å². The lowest BCUT2D eigenvalue weighted by molar-refractivity contribution is -0.384. The van der Waals surface area contributed by atoms with Crippen LogP contribution >= 0.6 is 22.6 Å². The van der Waals surface area contributed by atoms with Crippen molar-refractivity contribution in [1.82, 2.24) is 0 Å². The van der Waals surface area contributed by atoms with Gasteiger partial charge in [0.2, 0.25) is 5.76 Å². The number of hydrogen-bond donors (Lipinski definition) is 0. The summed E-state index contributed by atoms with van der Waals surface area (Å²) >= 11 is 1.94. The van der Waals surface area contributed by atoms with Crippen LogP contribution in [0.1, 0.15) is 43.8 Å². The van der Waals surface area contributed by atoms with E-state index < -0.39 is 22.1 Å².